The van der Waals surface area contributed by atoms with Crippen LogP contribution in [0.3, 0.4) is 0 Å². The molecule has 20 heavy (non-hydrogen) atoms. The lowest BCUT2D eigenvalue weighted by molar-refractivity contribution is -0.142. The Hall–Kier alpha value is -1.17. The summed E-state index contributed by atoms with van der Waals surface area (Å²) in [6.45, 7) is 0.218. The summed E-state index contributed by atoms with van der Waals surface area (Å²) >= 11 is 0. The largest absolute Gasteiger partial charge is 0.480 e. The third kappa shape index (κ3) is 3.11. The Balaban J connectivity index is 2.12. The van der Waals surface area contributed by atoms with Crippen LogP contribution < -0.4 is 4.72 Å². The van der Waals surface area contributed by atoms with Gasteiger partial charge in [0, 0.05) is 12.6 Å². The van der Waals surface area contributed by atoms with Crippen molar-refractivity contribution in [1.82, 2.24) is 9.03 Å². The molecule has 1 saturated heterocycles. The van der Waals surface area contributed by atoms with E-state index >= 15 is 0 Å². The second-order valence-corrected chi connectivity index (χ2v) is 7.01. The maximum atomic E-state index is 12.4. The number of nitrogens with one attached hydrogen (secondary N) is 1. The van der Waals surface area contributed by atoms with E-state index in [1.807, 2.05) is 0 Å². The van der Waals surface area contributed by atoms with Crippen molar-refractivity contribution in [2.75, 3.05) is 6.54 Å². The molecule has 3 unspecified atom stereocenters. The first-order valence-corrected chi connectivity index (χ1v) is 8.31. The zero-order valence-electron chi connectivity index (χ0n) is 11.2. The lowest BCUT2D eigenvalue weighted by atomic mass is 10.1. The van der Waals surface area contributed by atoms with Crippen LogP contribution in [-0.2, 0) is 15.0 Å². The van der Waals surface area contributed by atoms with Crippen molar-refractivity contribution in [2.24, 2.45) is 5.92 Å². The van der Waals surface area contributed by atoms with Gasteiger partial charge in [0.1, 0.15) is 6.04 Å². The summed E-state index contributed by atoms with van der Waals surface area (Å²) < 4.78 is 28.3. The molecule has 0 spiro atoms. The standard InChI is InChI=1S/C12H19N3O4S/c13-8-9-4-3-5-10(9)14-20(18,19)15-7-2-1-6-11(15)12(16)17/h9-11,14H,1-7H2,(H,16,17). The first kappa shape index (κ1) is 15.2. The molecule has 0 radical (unpaired) electrons. The lowest BCUT2D eigenvalue weighted by Crippen LogP contribution is -2.54. The molecule has 1 saturated carbocycles. The van der Waals surface area contributed by atoms with Crippen LogP contribution >= 0.6 is 0 Å². The minimum Gasteiger partial charge on any atom is -0.480 e. The van der Waals surface area contributed by atoms with Crippen molar-refractivity contribution < 1.29 is 18.3 Å². The first-order valence-electron chi connectivity index (χ1n) is 6.87. The molecule has 0 aromatic rings. The molecule has 2 N–H and O–H groups in total. The van der Waals surface area contributed by atoms with Gasteiger partial charge in [0.25, 0.3) is 10.2 Å². The van der Waals surface area contributed by atoms with Crippen LogP contribution in [0.4, 0.5) is 0 Å². The summed E-state index contributed by atoms with van der Waals surface area (Å²) in [5, 5.41) is 18.1. The van der Waals surface area contributed by atoms with E-state index in [0.717, 1.165) is 10.7 Å². The normalized spacial score (nSPS) is 31.9. The van der Waals surface area contributed by atoms with Crippen molar-refractivity contribution in [1.29, 1.82) is 5.26 Å². The van der Waals surface area contributed by atoms with Crippen LogP contribution in [0, 0.1) is 17.2 Å². The minimum absolute atomic E-state index is 0.218. The molecule has 1 aliphatic heterocycles. The fraction of sp³-hybridized carbons (Fsp3) is 0.833. The van der Waals surface area contributed by atoms with E-state index in [9.17, 15) is 13.2 Å². The Labute approximate surface area is 118 Å². The summed E-state index contributed by atoms with van der Waals surface area (Å²) in [4.78, 5) is 11.2. The maximum Gasteiger partial charge on any atom is 0.322 e. The number of carboxylic acid groups (broad SMARTS) is 1. The number of carbonyl (C=O) groups is 1. The number of hydrogen-bond donors (Lipinski definition) is 2. The van der Waals surface area contributed by atoms with Gasteiger partial charge in [-0.1, -0.05) is 6.42 Å². The predicted molar refractivity (Wildman–Crippen MR) is 70.8 cm³/mol. The molecule has 2 fully saturated rings. The smallest absolute Gasteiger partial charge is 0.322 e. The number of piperidine rings is 1. The van der Waals surface area contributed by atoms with E-state index < -0.39 is 28.3 Å². The van der Waals surface area contributed by atoms with Gasteiger partial charge in [0.05, 0.1) is 12.0 Å². The van der Waals surface area contributed by atoms with Crippen LogP contribution in [0.25, 0.3) is 0 Å². The third-order valence-corrected chi connectivity index (χ3v) is 5.68. The summed E-state index contributed by atoms with van der Waals surface area (Å²) in [6.07, 6.45) is 3.84. The molecule has 8 heteroatoms. The average Bonchev–Trinajstić information content (AvgIpc) is 2.85. The summed E-state index contributed by atoms with van der Waals surface area (Å²) in [7, 11) is -3.85. The highest BCUT2D eigenvalue weighted by molar-refractivity contribution is 7.87. The van der Waals surface area contributed by atoms with Gasteiger partial charge in [-0.05, 0) is 32.1 Å². The molecule has 1 aliphatic carbocycles. The van der Waals surface area contributed by atoms with E-state index in [1.54, 1.807) is 0 Å². The highest BCUT2D eigenvalue weighted by Crippen LogP contribution is 2.27. The number of aliphatic carboxylic acids is 1. The second kappa shape index (κ2) is 6.08. The number of hydrogen-bond acceptors (Lipinski definition) is 4. The van der Waals surface area contributed by atoms with E-state index in [1.165, 1.54) is 0 Å². The highest BCUT2D eigenvalue weighted by Gasteiger charge is 2.39. The van der Waals surface area contributed by atoms with E-state index in [2.05, 4.69) is 10.8 Å². The molecule has 112 valence electrons. The zero-order valence-corrected chi connectivity index (χ0v) is 12.0. The second-order valence-electron chi connectivity index (χ2n) is 5.36. The molecule has 7 nitrogen and oxygen atoms in total. The van der Waals surface area contributed by atoms with Crippen LogP contribution in [0.2, 0.25) is 0 Å². The van der Waals surface area contributed by atoms with Crippen molar-refractivity contribution in [3.63, 3.8) is 0 Å². The number of rotatable bonds is 4. The monoisotopic (exact) mass is 301 g/mol. The molecule has 0 aromatic heterocycles. The van der Waals surface area contributed by atoms with Gasteiger partial charge >= 0.3 is 5.97 Å². The van der Waals surface area contributed by atoms with E-state index in [-0.39, 0.29) is 12.5 Å². The summed E-state index contributed by atoms with van der Waals surface area (Å²) in [5.74, 6) is -1.43. The predicted octanol–water partition coefficient (Wildman–Crippen LogP) is 0.452. The molecule has 0 bridgehead atoms. The van der Waals surface area contributed by atoms with E-state index in [0.29, 0.717) is 32.1 Å². The van der Waals surface area contributed by atoms with Crippen molar-refractivity contribution in [3.8, 4) is 6.07 Å². The SMILES string of the molecule is N#CC1CCCC1NS(=O)(=O)N1CCCCC1C(=O)O. The number of carboxylic acids is 1. The third-order valence-electron chi connectivity index (χ3n) is 4.03. The van der Waals surface area contributed by atoms with Gasteiger partial charge < -0.3 is 5.11 Å². The molecule has 2 aliphatic rings. The Bertz CT molecular complexity index is 513. The van der Waals surface area contributed by atoms with Gasteiger partial charge in [-0.3, -0.25) is 4.79 Å². The first-order chi connectivity index (χ1) is 9.45. The fourth-order valence-corrected chi connectivity index (χ4v) is 4.65. The van der Waals surface area contributed by atoms with Crippen LogP contribution in [0.5, 0.6) is 0 Å². The molecule has 1 heterocycles. The van der Waals surface area contributed by atoms with Crippen molar-refractivity contribution >= 4 is 16.2 Å². The Morgan fingerprint density at radius 3 is 2.65 bits per heavy atom. The van der Waals surface area contributed by atoms with Crippen LogP contribution in [0.1, 0.15) is 38.5 Å². The van der Waals surface area contributed by atoms with Crippen LogP contribution in [-0.4, -0.2) is 42.4 Å². The van der Waals surface area contributed by atoms with Gasteiger partial charge in [0.15, 0.2) is 0 Å². The lowest BCUT2D eigenvalue weighted by Gasteiger charge is -2.33. The average molecular weight is 301 g/mol. The van der Waals surface area contributed by atoms with Crippen LogP contribution in [0.15, 0.2) is 0 Å². The Morgan fingerprint density at radius 1 is 1.25 bits per heavy atom. The van der Waals surface area contributed by atoms with Crippen molar-refractivity contribution in [2.45, 2.75) is 50.6 Å². The molecular formula is C12H19N3O4S. The quantitative estimate of drug-likeness (QED) is 0.783. The molecule has 3 atom stereocenters. The topological polar surface area (TPSA) is 111 Å². The van der Waals surface area contributed by atoms with E-state index in [4.69, 9.17) is 10.4 Å². The molecular weight excluding hydrogens is 282 g/mol. The zero-order chi connectivity index (χ0) is 14.8. The summed E-state index contributed by atoms with van der Waals surface area (Å²) in [6, 6.07) is 0.713. The maximum absolute atomic E-state index is 12.4. The fourth-order valence-electron chi connectivity index (χ4n) is 2.95. The minimum atomic E-state index is -3.85. The summed E-state index contributed by atoms with van der Waals surface area (Å²) in [5.41, 5.74) is 0. The van der Waals surface area contributed by atoms with Gasteiger partial charge in [-0.15, -0.1) is 0 Å². The highest BCUT2D eigenvalue weighted by atomic mass is 32.2. The van der Waals surface area contributed by atoms with Gasteiger partial charge in [-0.25, -0.2) is 0 Å². The van der Waals surface area contributed by atoms with Crippen molar-refractivity contribution in [3.05, 3.63) is 0 Å². The van der Waals surface area contributed by atoms with Gasteiger partial charge in [0.2, 0.25) is 0 Å². The molecule has 0 aromatic carbocycles. The van der Waals surface area contributed by atoms with Gasteiger partial charge in [-0.2, -0.15) is 22.7 Å². The number of nitrogens with zero attached hydrogens (tertiary/aromatic N) is 2. The molecule has 2 rings (SSSR count). The Morgan fingerprint density at radius 2 is 2.00 bits per heavy atom. The Kier molecular flexibility index (Phi) is 4.62. The molecule has 0 amide bonds. The number of nitriles is 1.